The molecule has 4 nitrogen and oxygen atoms in total. The van der Waals surface area contributed by atoms with Gasteiger partial charge < -0.3 is 9.47 Å². The molecule has 0 spiro atoms. The van der Waals surface area contributed by atoms with Gasteiger partial charge in [-0.05, 0) is 6.42 Å². The second-order valence-corrected chi connectivity index (χ2v) is 9.64. The molecule has 30 heavy (non-hydrogen) atoms. The standard InChI is InChI=1S/C14H18B2F7O4P3/c1-3-8(2,15)6(24)26-4-5-27-7(25)9(17)10(16,28)11(18,19)12(20,21)14(23,30)13(9,22)29/h3-5,28-30H2,1-2H3. The molecule has 1 saturated carbocycles. The van der Waals surface area contributed by atoms with Crippen molar-refractivity contribution in [1.82, 2.24) is 0 Å². The van der Waals surface area contributed by atoms with Gasteiger partial charge in [-0.25, -0.2) is 18.0 Å². The second-order valence-electron chi connectivity index (χ2n) is 7.14. The molecule has 0 aromatic heterocycles. The van der Waals surface area contributed by atoms with Crippen molar-refractivity contribution in [1.29, 1.82) is 0 Å². The van der Waals surface area contributed by atoms with Gasteiger partial charge in [0.05, 0.1) is 20.7 Å². The van der Waals surface area contributed by atoms with Gasteiger partial charge in [0, 0.05) is 5.31 Å². The maximum Gasteiger partial charge on any atom is 0.350 e. The summed E-state index contributed by atoms with van der Waals surface area (Å²) in [4.78, 5) is 23.8. The lowest BCUT2D eigenvalue weighted by Gasteiger charge is -2.59. The summed E-state index contributed by atoms with van der Waals surface area (Å²) >= 11 is 0. The molecule has 0 aromatic rings. The van der Waals surface area contributed by atoms with E-state index in [1.54, 1.807) is 6.92 Å². The Morgan fingerprint density at radius 3 is 1.77 bits per heavy atom. The van der Waals surface area contributed by atoms with Gasteiger partial charge in [-0.2, -0.15) is 17.6 Å². The molecule has 4 radical (unpaired) electrons. The van der Waals surface area contributed by atoms with Crippen molar-refractivity contribution < 1.29 is 49.8 Å². The molecule has 1 aliphatic carbocycles. The van der Waals surface area contributed by atoms with Crippen molar-refractivity contribution in [2.45, 2.75) is 59.0 Å². The summed E-state index contributed by atoms with van der Waals surface area (Å²) in [6.07, 6.45) is 0.148. The van der Waals surface area contributed by atoms with E-state index >= 15 is 8.78 Å². The predicted molar refractivity (Wildman–Crippen MR) is 105 cm³/mol. The van der Waals surface area contributed by atoms with Gasteiger partial charge in [0.15, 0.2) is 0 Å². The topological polar surface area (TPSA) is 52.6 Å². The first-order valence-corrected chi connectivity index (χ1v) is 9.95. The van der Waals surface area contributed by atoms with Gasteiger partial charge in [0.1, 0.15) is 13.2 Å². The van der Waals surface area contributed by atoms with Crippen LogP contribution in [0.4, 0.5) is 30.7 Å². The third-order valence-corrected chi connectivity index (χ3v) is 7.70. The fourth-order valence-electron chi connectivity index (χ4n) is 2.48. The van der Waals surface area contributed by atoms with Crippen LogP contribution < -0.4 is 0 Å². The minimum absolute atomic E-state index is 0.148. The minimum atomic E-state index is -5.85. The Balaban J connectivity index is 3.19. The van der Waals surface area contributed by atoms with Gasteiger partial charge in [0.25, 0.3) is 5.67 Å². The number of hydrogen-bond acceptors (Lipinski definition) is 4. The normalized spacial score (nSPS) is 39.6. The third-order valence-electron chi connectivity index (χ3n) is 5.00. The summed E-state index contributed by atoms with van der Waals surface area (Å²) in [7, 11) is 12.4. The molecule has 0 aromatic carbocycles. The number of rotatable bonds is 6. The quantitative estimate of drug-likeness (QED) is 0.186. The Morgan fingerprint density at radius 2 is 1.33 bits per heavy atom. The smallest absolute Gasteiger partial charge is 0.350 e. The third kappa shape index (κ3) is 3.50. The Morgan fingerprint density at radius 1 is 0.900 bits per heavy atom. The average Bonchev–Trinajstić information content (AvgIpc) is 2.62. The number of carbonyl (C=O) groups excluding carboxylic acids is 2. The van der Waals surface area contributed by atoms with Crippen LogP contribution >= 0.6 is 27.7 Å². The highest BCUT2D eigenvalue weighted by Gasteiger charge is 2.93. The van der Waals surface area contributed by atoms with Gasteiger partial charge in [0.2, 0.25) is 10.8 Å². The van der Waals surface area contributed by atoms with Crippen LogP contribution in [0.2, 0.25) is 5.31 Å². The summed E-state index contributed by atoms with van der Waals surface area (Å²) in [5, 5.41) is -15.4. The maximum absolute atomic E-state index is 15.5. The van der Waals surface area contributed by atoms with E-state index < -0.39 is 63.9 Å². The Labute approximate surface area is 177 Å². The summed E-state index contributed by atoms with van der Waals surface area (Å²) in [5.41, 5.74) is -4.84. The Kier molecular flexibility index (Phi) is 7.46. The summed E-state index contributed by atoms with van der Waals surface area (Å²) in [6.45, 7) is 1.07. The van der Waals surface area contributed by atoms with E-state index in [0.29, 0.717) is 18.5 Å². The molecule has 8 unspecified atom stereocenters. The van der Waals surface area contributed by atoms with Crippen molar-refractivity contribution in [3.8, 4) is 0 Å². The van der Waals surface area contributed by atoms with Crippen LogP contribution in [0.1, 0.15) is 20.3 Å². The molecule has 16 heteroatoms. The van der Waals surface area contributed by atoms with Crippen molar-refractivity contribution in [3.63, 3.8) is 0 Å². The van der Waals surface area contributed by atoms with Gasteiger partial charge in [-0.1, -0.05) is 32.3 Å². The molecule has 0 saturated heterocycles. The van der Waals surface area contributed by atoms with E-state index in [1.807, 2.05) is 0 Å². The van der Waals surface area contributed by atoms with Crippen LogP contribution in [0.15, 0.2) is 0 Å². The number of carbonyl (C=O) groups is 2. The number of hydrogen-bond donors (Lipinski definition) is 0. The molecule has 0 N–H and O–H groups in total. The van der Waals surface area contributed by atoms with Crippen molar-refractivity contribution in [3.05, 3.63) is 0 Å². The first kappa shape index (κ1) is 27.9. The highest BCUT2D eigenvalue weighted by molar-refractivity contribution is 7.26. The first-order chi connectivity index (χ1) is 13.1. The number of halogens is 7. The molecule has 1 fully saturated rings. The lowest BCUT2D eigenvalue weighted by molar-refractivity contribution is -0.318. The monoisotopic (exact) mass is 498 g/mol. The van der Waals surface area contributed by atoms with Gasteiger partial charge >= 0.3 is 23.8 Å². The van der Waals surface area contributed by atoms with Crippen molar-refractivity contribution in [2.75, 3.05) is 13.2 Å². The van der Waals surface area contributed by atoms with Crippen LogP contribution in [-0.2, 0) is 19.1 Å². The summed E-state index contributed by atoms with van der Waals surface area (Å²) < 4.78 is 110. The van der Waals surface area contributed by atoms with E-state index in [9.17, 15) is 31.5 Å². The first-order valence-electron chi connectivity index (χ1n) is 8.22. The average molecular weight is 498 g/mol. The molecule has 0 aliphatic heterocycles. The molecule has 1 aliphatic rings. The Hall–Kier alpha value is -0.130. The van der Waals surface area contributed by atoms with Crippen LogP contribution in [0.25, 0.3) is 0 Å². The zero-order valence-corrected chi connectivity index (χ0v) is 19.3. The van der Waals surface area contributed by atoms with E-state index in [4.69, 9.17) is 15.7 Å². The van der Waals surface area contributed by atoms with Crippen LogP contribution in [0, 0.1) is 0 Å². The molecular formula is C14H18B2F7O4P3. The molecule has 8 atom stereocenters. The number of esters is 2. The maximum atomic E-state index is 15.5. The molecular weight excluding hydrogens is 480 g/mol. The van der Waals surface area contributed by atoms with E-state index in [0.717, 1.165) is 9.24 Å². The molecule has 1 rings (SSSR count). The highest BCUT2D eigenvalue weighted by atomic mass is 31.0. The van der Waals surface area contributed by atoms with Crippen LogP contribution in [-0.4, -0.2) is 74.2 Å². The Bertz CT molecular complexity index is 690. The van der Waals surface area contributed by atoms with Crippen LogP contribution in [0.3, 0.4) is 0 Å². The fourth-order valence-corrected chi connectivity index (χ4v) is 4.07. The lowest BCUT2D eigenvalue weighted by atomic mass is 9.59. The fraction of sp³-hybridized carbons (Fsp3) is 0.857. The molecule has 0 bridgehead atoms. The minimum Gasteiger partial charge on any atom is -0.462 e. The molecule has 0 heterocycles. The van der Waals surface area contributed by atoms with Gasteiger partial charge in [-0.3, -0.25) is 4.79 Å². The van der Waals surface area contributed by atoms with Crippen molar-refractivity contribution in [2.24, 2.45) is 0 Å². The van der Waals surface area contributed by atoms with Crippen LogP contribution in [0.5, 0.6) is 0 Å². The largest absolute Gasteiger partial charge is 0.462 e. The molecule has 0 amide bonds. The van der Waals surface area contributed by atoms with E-state index in [2.05, 4.69) is 9.47 Å². The second kappa shape index (κ2) is 8.02. The molecule has 168 valence electrons. The summed E-state index contributed by atoms with van der Waals surface area (Å²) in [5.74, 6) is -15.1. The van der Waals surface area contributed by atoms with E-state index in [1.165, 1.54) is 6.92 Å². The number of ether oxygens (including phenoxy) is 2. The van der Waals surface area contributed by atoms with E-state index in [-0.39, 0.29) is 6.42 Å². The highest BCUT2D eigenvalue weighted by Crippen LogP contribution is 2.72. The van der Waals surface area contributed by atoms with Crippen molar-refractivity contribution >= 4 is 55.4 Å². The number of alkyl halides is 7. The zero-order chi connectivity index (χ0) is 24.2. The summed E-state index contributed by atoms with van der Waals surface area (Å²) in [6, 6.07) is 0. The lowest BCUT2D eigenvalue weighted by Crippen LogP contribution is -2.85. The zero-order valence-electron chi connectivity index (χ0n) is 15.8. The SMILES string of the molecule is [B]C(C)(CC)C(=O)OCCOC(=O)C1(F)C([B])(P)C(F)(F)C(F)(F)C(F)(P)C1(F)P. The predicted octanol–water partition coefficient (Wildman–Crippen LogP) is 2.64. The van der Waals surface area contributed by atoms with Gasteiger partial charge in [-0.15, -0.1) is 9.24 Å².